The second-order valence-electron chi connectivity index (χ2n) is 3.08. The molecule has 0 spiro atoms. The number of hydrogen-bond acceptors (Lipinski definition) is 2. The quantitative estimate of drug-likeness (QED) is 0.800. The minimum Gasteiger partial charge on any atom is -0.351 e. The van der Waals surface area contributed by atoms with E-state index < -0.39 is 6.03 Å². The lowest BCUT2D eigenvalue weighted by molar-refractivity contribution is 0.259. The van der Waals surface area contributed by atoms with Crippen molar-refractivity contribution in [2.24, 2.45) is 5.73 Å². The highest BCUT2D eigenvalue weighted by molar-refractivity contribution is 7.08. The van der Waals surface area contributed by atoms with Crippen molar-refractivity contribution in [2.45, 2.75) is 0 Å². The zero-order valence-electron chi connectivity index (χ0n) is 7.94. The highest BCUT2D eigenvalue weighted by atomic mass is 32.1. The molecule has 2 aromatic rings. The van der Waals surface area contributed by atoms with Crippen molar-refractivity contribution in [2.75, 3.05) is 5.32 Å². The molecule has 1 aromatic heterocycles. The summed E-state index contributed by atoms with van der Waals surface area (Å²) in [6, 6.07) is 9.08. The normalized spacial score (nSPS) is 9.87. The number of nitrogens with one attached hydrogen (secondary N) is 1. The summed E-state index contributed by atoms with van der Waals surface area (Å²) in [6.45, 7) is 0. The van der Waals surface area contributed by atoms with Crippen LogP contribution < -0.4 is 11.1 Å². The van der Waals surface area contributed by atoms with Gasteiger partial charge in [0.05, 0.1) is 0 Å². The van der Waals surface area contributed by atoms with Crippen LogP contribution in [0.5, 0.6) is 0 Å². The first kappa shape index (κ1) is 9.73. The van der Waals surface area contributed by atoms with Gasteiger partial charge in [0.25, 0.3) is 0 Å². The Kier molecular flexibility index (Phi) is 2.69. The Balaban J connectivity index is 2.31. The maximum Gasteiger partial charge on any atom is 0.316 e. The van der Waals surface area contributed by atoms with E-state index >= 15 is 0 Å². The van der Waals surface area contributed by atoms with Gasteiger partial charge in [-0.05, 0) is 40.1 Å². The zero-order chi connectivity index (χ0) is 10.7. The minimum absolute atomic E-state index is 0.544. The average Bonchev–Trinajstić information content (AvgIpc) is 2.69. The molecule has 76 valence electrons. The molecule has 0 bridgehead atoms. The molecule has 0 atom stereocenters. The van der Waals surface area contributed by atoms with E-state index in [2.05, 4.69) is 10.7 Å². The van der Waals surface area contributed by atoms with E-state index in [-0.39, 0.29) is 0 Å². The van der Waals surface area contributed by atoms with Crippen LogP contribution in [0.25, 0.3) is 11.1 Å². The molecular weight excluding hydrogens is 208 g/mol. The SMILES string of the molecule is NC(=O)Nc1cccc(-c2ccsc2)c1. The fraction of sp³-hybridized carbons (Fsp3) is 0. The molecule has 3 N–H and O–H groups in total. The summed E-state index contributed by atoms with van der Waals surface area (Å²) in [6.07, 6.45) is 0. The first-order valence-corrected chi connectivity index (χ1v) is 5.39. The third kappa shape index (κ3) is 2.35. The van der Waals surface area contributed by atoms with E-state index in [0.717, 1.165) is 11.1 Å². The summed E-state index contributed by atoms with van der Waals surface area (Å²) in [7, 11) is 0. The van der Waals surface area contributed by atoms with Gasteiger partial charge in [0.15, 0.2) is 0 Å². The third-order valence-electron chi connectivity index (χ3n) is 1.98. The molecule has 2 amide bonds. The maximum atomic E-state index is 10.7. The smallest absolute Gasteiger partial charge is 0.316 e. The van der Waals surface area contributed by atoms with Gasteiger partial charge in [-0.3, -0.25) is 0 Å². The van der Waals surface area contributed by atoms with Gasteiger partial charge in [0.1, 0.15) is 0 Å². The molecule has 0 aliphatic heterocycles. The molecule has 3 nitrogen and oxygen atoms in total. The molecule has 1 heterocycles. The lowest BCUT2D eigenvalue weighted by atomic mass is 10.1. The monoisotopic (exact) mass is 218 g/mol. The Bertz CT molecular complexity index is 465. The number of nitrogens with two attached hydrogens (primary N) is 1. The minimum atomic E-state index is -0.544. The van der Waals surface area contributed by atoms with Gasteiger partial charge in [-0.1, -0.05) is 12.1 Å². The van der Waals surface area contributed by atoms with E-state index in [9.17, 15) is 4.79 Å². The molecule has 0 aliphatic carbocycles. The van der Waals surface area contributed by atoms with Crippen molar-refractivity contribution in [3.05, 3.63) is 41.1 Å². The Morgan fingerprint density at radius 3 is 2.80 bits per heavy atom. The van der Waals surface area contributed by atoms with Gasteiger partial charge >= 0.3 is 6.03 Å². The third-order valence-corrected chi connectivity index (χ3v) is 2.67. The number of carbonyl (C=O) groups excluding carboxylic acids is 1. The van der Waals surface area contributed by atoms with E-state index in [1.54, 1.807) is 17.4 Å². The van der Waals surface area contributed by atoms with Crippen LogP contribution in [-0.2, 0) is 0 Å². The average molecular weight is 218 g/mol. The molecular formula is C11H10N2OS. The van der Waals surface area contributed by atoms with Gasteiger partial charge in [-0.25, -0.2) is 4.79 Å². The summed E-state index contributed by atoms with van der Waals surface area (Å²) < 4.78 is 0. The predicted octanol–water partition coefficient (Wildman–Crippen LogP) is 2.91. The van der Waals surface area contributed by atoms with Crippen LogP contribution >= 0.6 is 11.3 Å². The molecule has 15 heavy (non-hydrogen) atoms. The maximum absolute atomic E-state index is 10.7. The first-order chi connectivity index (χ1) is 7.25. The summed E-state index contributed by atoms with van der Waals surface area (Å²) >= 11 is 1.64. The van der Waals surface area contributed by atoms with Crippen molar-refractivity contribution in [3.8, 4) is 11.1 Å². The van der Waals surface area contributed by atoms with Gasteiger partial charge < -0.3 is 11.1 Å². The van der Waals surface area contributed by atoms with Gasteiger partial charge in [0, 0.05) is 5.69 Å². The van der Waals surface area contributed by atoms with Crippen LogP contribution in [0.2, 0.25) is 0 Å². The highest BCUT2D eigenvalue weighted by Gasteiger charge is 2.00. The number of rotatable bonds is 2. The van der Waals surface area contributed by atoms with Crippen LogP contribution in [-0.4, -0.2) is 6.03 Å². The van der Waals surface area contributed by atoms with E-state index in [1.807, 2.05) is 29.6 Å². The second-order valence-corrected chi connectivity index (χ2v) is 3.86. The second kappa shape index (κ2) is 4.14. The van der Waals surface area contributed by atoms with E-state index in [0.29, 0.717) is 5.69 Å². The van der Waals surface area contributed by atoms with Crippen LogP contribution in [0.1, 0.15) is 0 Å². The van der Waals surface area contributed by atoms with Crippen molar-refractivity contribution in [1.82, 2.24) is 0 Å². The standard InChI is InChI=1S/C11H10N2OS/c12-11(14)13-10-3-1-2-8(6-10)9-4-5-15-7-9/h1-7H,(H3,12,13,14). The van der Waals surface area contributed by atoms with Crippen molar-refractivity contribution >= 4 is 23.1 Å². The molecule has 2 rings (SSSR count). The molecule has 0 fully saturated rings. The number of urea groups is 1. The summed E-state index contributed by atoms with van der Waals surface area (Å²) in [5.41, 5.74) is 7.98. The Labute approximate surface area is 91.5 Å². The fourth-order valence-corrected chi connectivity index (χ4v) is 2.01. The van der Waals surface area contributed by atoms with Crippen molar-refractivity contribution in [3.63, 3.8) is 0 Å². The van der Waals surface area contributed by atoms with Crippen LogP contribution in [0.3, 0.4) is 0 Å². The van der Waals surface area contributed by atoms with E-state index in [4.69, 9.17) is 5.73 Å². The summed E-state index contributed by atoms with van der Waals surface area (Å²) in [5.74, 6) is 0. The Hall–Kier alpha value is -1.81. The predicted molar refractivity (Wildman–Crippen MR) is 63.0 cm³/mol. The molecule has 0 aliphatic rings. The number of amides is 2. The zero-order valence-corrected chi connectivity index (χ0v) is 8.75. The number of hydrogen-bond donors (Lipinski definition) is 2. The molecule has 0 saturated carbocycles. The van der Waals surface area contributed by atoms with E-state index in [1.165, 1.54) is 0 Å². The van der Waals surface area contributed by atoms with Crippen molar-refractivity contribution in [1.29, 1.82) is 0 Å². The first-order valence-electron chi connectivity index (χ1n) is 4.45. The Morgan fingerprint density at radius 2 is 2.13 bits per heavy atom. The van der Waals surface area contributed by atoms with Crippen LogP contribution in [0.4, 0.5) is 10.5 Å². The van der Waals surface area contributed by atoms with Crippen LogP contribution in [0.15, 0.2) is 41.1 Å². The summed E-state index contributed by atoms with van der Waals surface area (Å²) in [4.78, 5) is 10.7. The Morgan fingerprint density at radius 1 is 1.27 bits per heavy atom. The largest absolute Gasteiger partial charge is 0.351 e. The fourth-order valence-electron chi connectivity index (χ4n) is 1.35. The topological polar surface area (TPSA) is 55.1 Å². The van der Waals surface area contributed by atoms with Gasteiger partial charge in [0.2, 0.25) is 0 Å². The van der Waals surface area contributed by atoms with Gasteiger partial charge in [-0.2, -0.15) is 11.3 Å². The molecule has 0 radical (unpaired) electrons. The van der Waals surface area contributed by atoms with Gasteiger partial charge in [-0.15, -0.1) is 0 Å². The number of carbonyl (C=O) groups is 1. The number of primary amides is 1. The highest BCUT2D eigenvalue weighted by Crippen LogP contribution is 2.24. The number of benzene rings is 1. The number of anilines is 1. The molecule has 0 unspecified atom stereocenters. The summed E-state index contributed by atoms with van der Waals surface area (Å²) in [5, 5.41) is 6.63. The lowest BCUT2D eigenvalue weighted by Gasteiger charge is -2.03. The number of thiophene rings is 1. The molecule has 1 aromatic carbocycles. The molecule has 0 saturated heterocycles. The van der Waals surface area contributed by atoms with Crippen LogP contribution in [0, 0.1) is 0 Å². The van der Waals surface area contributed by atoms with Crippen molar-refractivity contribution < 1.29 is 4.79 Å². The molecule has 4 heteroatoms. The lowest BCUT2D eigenvalue weighted by Crippen LogP contribution is -2.19.